The van der Waals surface area contributed by atoms with E-state index in [1.807, 2.05) is 0 Å². The van der Waals surface area contributed by atoms with Gasteiger partial charge in [-0.15, -0.1) is 0 Å². The lowest BCUT2D eigenvalue weighted by atomic mass is 9.98. The maximum absolute atomic E-state index is 13.1. The third-order valence-corrected chi connectivity index (χ3v) is 4.53. The van der Waals surface area contributed by atoms with E-state index in [2.05, 4.69) is 5.10 Å². The number of aryl methyl sites for hydroxylation is 1. The van der Waals surface area contributed by atoms with Crippen LogP contribution in [0.25, 0.3) is 5.69 Å². The molecule has 0 bridgehead atoms. The molecule has 6 nitrogen and oxygen atoms in total. The van der Waals surface area contributed by atoms with E-state index in [4.69, 9.17) is 16.3 Å². The highest BCUT2D eigenvalue weighted by Gasteiger charge is 2.34. The number of Topliss-reactive ketones (excluding diaryl/α,β-unsaturated/α-hetero) is 2. The fourth-order valence-electron chi connectivity index (χ4n) is 2.83. The van der Waals surface area contributed by atoms with Crippen LogP contribution in [0.4, 0.5) is 4.39 Å². The van der Waals surface area contributed by atoms with Crippen molar-refractivity contribution in [2.24, 2.45) is 0 Å². The lowest BCUT2D eigenvalue weighted by molar-refractivity contribution is 0.0511. The molecule has 1 atom stereocenters. The Balaban J connectivity index is 2.00. The maximum atomic E-state index is 13.1. The highest BCUT2D eigenvalue weighted by atomic mass is 35.5. The zero-order chi connectivity index (χ0) is 20.4. The number of methoxy groups -OCH3 is 1. The summed E-state index contributed by atoms with van der Waals surface area (Å²) in [5, 5.41) is 14.9. The second-order valence-electron chi connectivity index (χ2n) is 6.00. The molecule has 1 N–H and O–H groups in total. The topological polar surface area (TPSA) is 81.4 Å². The Hall–Kier alpha value is -3.03. The number of ketones is 2. The van der Waals surface area contributed by atoms with Crippen LogP contribution in [0, 0.1) is 12.7 Å². The Kier molecular flexibility index (Phi) is 5.58. The molecule has 144 valence electrons. The summed E-state index contributed by atoms with van der Waals surface area (Å²) in [4.78, 5) is 25.7. The van der Waals surface area contributed by atoms with Gasteiger partial charge < -0.3 is 9.84 Å². The van der Waals surface area contributed by atoms with E-state index in [0.29, 0.717) is 5.69 Å². The van der Waals surface area contributed by atoms with Crippen LogP contribution >= 0.6 is 11.6 Å². The molecule has 0 saturated heterocycles. The molecular formula is C20H16ClFN2O4. The molecule has 0 aliphatic heterocycles. The van der Waals surface area contributed by atoms with Gasteiger partial charge in [0.15, 0.2) is 6.10 Å². The van der Waals surface area contributed by atoms with Crippen molar-refractivity contribution in [1.82, 2.24) is 9.78 Å². The van der Waals surface area contributed by atoms with E-state index < -0.39 is 29.4 Å². The molecule has 0 spiro atoms. The number of hydrogen-bond acceptors (Lipinski definition) is 5. The number of hydrogen-bond donors (Lipinski definition) is 1. The van der Waals surface area contributed by atoms with Crippen molar-refractivity contribution >= 4 is 23.2 Å². The number of benzene rings is 2. The third-order valence-electron chi connectivity index (χ3n) is 4.20. The molecule has 0 aliphatic carbocycles. The first-order chi connectivity index (χ1) is 13.3. The summed E-state index contributed by atoms with van der Waals surface area (Å²) in [5.74, 6) is -2.31. The lowest BCUT2D eigenvalue weighted by Crippen LogP contribution is -2.32. The smallest absolute Gasteiger partial charge is 0.225 e. The molecule has 3 rings (SSSR count). The van der Waals surface area contributed by atoms with E-state index in [0.717, 1.165) is 4.68 Å². The van der Waals surface area contributed by atoms with Crippen molar-refractivity contribution < 1.29 is 23.8 Å². The van der Waals surface area contributed by atoms with Gasteiger partial charge in [-0.1, -0.05) is 23.7 Å². The molecular weight excluding hydrogens is 387 g/mol. The lowest BCUT2D eigenvalue weighted by Gasteiger charge is -2.14. The van der Waals surface area contributed by atoms with Crippen LogP contribution in [0.1, 0.15) is 26.4 Å². The van der Waals surface area contributed by atoms with E-state index in [1.54, 1.807) is 12.1 Å². The molecule has 8 heteroatoms. The minimum absolute atomic E-state index is 0.132. The average Bonchev–Trinajstić information content (AvgIpc) is 2.97. The van der Waals surface area contributed by atoms with Crippen LogP contribution in [0.15, 0.2) is 48.5 Å². The first-order valence-corrected chi connectivity index (χ1v) is 8.63. The summed E-state index contributed by atoms with van der Waals surface area (Å²) in [5.41, 5.74) is 0.525. The molecule has 0 amide bonds. The molecule has 2 aromatic carbocycles. The molecule has 28 heavy (non-hydrogen) atoms. The maximum Gasteiger partial charge on any atom is 0.225 e. The summed E-state index contributed by atoms with van der Waals surface area (Å²) in [7, 11) is 1.22. The van der Waals surface area contributed by atoms with E-state index in [-0.39, 0.29) is 21.8 Å². The number of carbonyl (C=O) groups excluding carboxylic acids is 2. The predicted octanol–water partition coefficient (Wildman–Crippen LogP) is 3.76. The largest absolute Gasteiger partial charge is 0.493 e. The van der Waals surface area contributed by atoms with Crippen LogP contribution in [0.2, 0.25) is 5.02 Å². The van der Waals surface area contributed by atoms with E-state index >= 15 is 0 Å². The number of aromatic nitrogens is 2. The normalized spacial score (nSPS) is 12.0. The van der Waals surface area contributed by atoms with Crippen LogP contribution in [0.5, 0.6) is 5.88 Å². The number of aromatic hydroxyl groups is 1. The zero-order valence-corrected chi connectivity index (χ0v) is 15.8. The summed E-state index contributed by atoms with van der Waals surface area (Å²) in [6.45, 7) is 1.51. The second-order valence-corrected chi connectivity index (χ2v) is 6.40. The van der Waals surface area contributed by atoms with Crippen LogP contribution in [0.3, 0.4) is 0 Å². The Morgan fingerprint density at radius 2 is 1.79 bits per heavy atom. The van der Waals surface area contributed by atoms with Crippen molar-refractivity contribution in [3.63, 3.8) is 0 Å². The van der Waals surface area contributed by atoms with Crippen molar-refractivity contribution in [3.05, 3.63) is 76.2 Å². The van der Waals surface area contributed by atoms with Crippen LogP contribution < -0.4 is 0 Å². The number of nitrogens with zero attached hydrogens (tertiary/aromatic N) is 2. The molecule has 1 heterocycles. The molecule has 0 aliphatic rings. The summed E-state index contributed by atoms with van der Waals surface area (Å²) >= 11 is 6.05. The van der Waals surface area contributed by atoms with Gasteiger partial charge in [0, 0.05) is 12.7 Å². The van der Waals surface area contributed by atoms with Crippen molar-refractivity contribution in [2.45, 2.75) is 13.0 Å². The fraction of sp³-hybridized carbons (Fsp3) is 0.150. The van der Waals surface area contributed by atoms with Crippen molar-refractivity contribution in [2.75, 3.05) is 7.11 Å². The molecule has 3 aromatic rings. The first kappa shape index (κ1) is 19.7. The minimum Gasteiger partial charge on any atom is -0.493 e. The second kappa shape index (κ2) is 7.92. The van der Waals surface area contributed by atoms with Gasteiger partial charge in [0.1, 0.15) is 11.4 Å². The van der Waals surface area contributed by atoms with E-state index in [1.165, 1.54) is 50.4 Å². The van der Waals surface area contributed by atoms with Crippen molar-refractivity contribution in [3.8, 4) is 11.6 Å². The minimum atomic E-state index is -1.50. The van der Waals surface area contributed by atoms with Gasteiger partial charge >= 0.3 is 0 Å². The number of carbonyl (C=O) groups is 2. The van der Waals surface area contributed by atoms with Gasteiger partial charge in [0.25, 0.3) is 0 Å². The van der Waals surface area contributed by atoms with Gasteiger partial charge in [-0.05, 0) is 43.3 Å². The molecule has 0 saturated carbocycles. The number of halogens is 2. The van der Waals surface area contributed by atoms with Gasteiger partial charge in [-0.25, -0.2) is 9.07 Å². The monoisotopic (exact) mass is 402 g/mol. The van der Waals surface area contributed by atoms with Crippen LogP contribution in [-0.2, 0) is 4.74 Å². The SMILES string of the molecule is COC(C(=O)c1ccccc1Cl)C(=O)c1c(C)nn(-c2ccc(F)cc2)c1O. The Labute approximate surface area is 165 Å². The van der Waals surface area contributed by atoms with Crippen LogP contribution in [-0.4, -0.2) is 39.7 Å². The van der Waals surface area contributed by atoms with Gasteiger partial charge in [0.2, 0.25) is 17.4 Å². The zero-order valence-electron chi connectivity index (χ0n) is 15.0. The number of rotatable bonds is 6. The first-order valence-electron chi connectivity index (χ1n) is 8.25. The van der Waals surface area contributed by atoms with Gasteiger partial charge in [-0.2, -0.15) is 5.10 Å². The van der Waals surface area contributed by atoms with E-state index in [9.17, 15) is 19.1 Å². The average molecular weight is 403 g/mol. The Bertz CT molecular complexity index is 1050. The molecule has 0 radical (unpaired) electrons. The summed E-state index contributed by atoms with van der Waals surface area (Å²) in [6, 6.07) is 11.5. The Morgan fingerprint density at radius 1 is 1.14 bits per heavy atom. The summed E-state index contributed by atoms with van der Waals surface area (Å²) < 4.78 is 19.4. The quantitative estimate of drug-likeness (QED) is 0.501. The standard InChI is InChI=1S/C20H16ClFN2O4/c1-11-16(20(27)24(23-11)13-9-7-12(22)8-10-13)18(26)19(28-2)17(25)14-5-3-4-6-15(14)21/h3-10,19,27H,1-2H3. The molecule has 1 unspecified atom stereocenters. The van der Waals surface area contributed by atoms with Gasteiger partial charge in [0.05, 0.1) is 16.4 Å². The summed E-state index contributed by atoms with van der Waals surface area (Å²) in [6.07, 6.45) is -1.50. The number of ether oxygens (including phenoxy) is 1. The fourth-order valence-corrected chi connectivity index (χ4v) is 3.06. The highest BCUT2D eigenvalue weighted by molar-refractivity contribution is 6.35. The van der Waals surface area contributed by atoms with Crippen molar-refractivity contribution in [1.29, 1.82) is 0 Å². The Morgan fingerprint density at radius 3 is 2.39 bits per heavy atom. The third kappa shape index (κ3) is 3.54. The molecule has 0 fully saturated rings. The van der Waals surface area contributed by atoms with Gasteiger partial charge in [-0.3, -0.25) is 9.59 Å². The highest BCUT2D eigenvalue weighted by Crippen LogP contribution is 2.28. The predicted molar refractivity (Wildman–Crippen MR) is 101 cm³/mol. The molecule has 1 aromatic heterocycles.